The van der Waals surface area contributed by atoms with Gasteiger partial charge in [-0.05, 0) is 6.92 Å². The maximum Gasteiger partial charge on any atom is 0.203 e. The van der Waals surface area contributed by atoms with Crippen LogP contribution in [0.15, 0.2) is 6.07 Å². The van der Waals surface area contributed by atoms with Crippen molar-refractivity contribution in [3.05, 3.63) is 29.3 Å². The van der Waals surface area contributed by atoms with Crippen LogP contribution in [0.2, 0.25) is 0 Å². The first-order chi connectivity index (χ1) is 7.93. The fourth-order valence-corrected chi connectivity index (χ4v) is 0.852. The van der Waals surface area contributed by atoms with Crippen LogP contribution >= 0.6 is 0 Å². The Morgan fingerprint density at radius 3 is 1.88 bits per heavy atom. The highest BCUT2D eigenvalue weighted by Gasteiger charge is 2.20. The number of ether oxygens (including phenoxy) is 1. The lowest BCUT2D eigenvalue weighted by Crippen LogP contribution is -2.10. The highest BCUT2D eigenvalue weighted by molar-refractivity contribution is 5.77. The Hall–Kier alpha value is -1.59. The minimum absolute atomic E-state index is 0.0608. The molecule has 0 saturated heterocycles. The number of rotatable bonds is 3. The molecule has 0 bridgehead atoms. The SMILES string of the molecule is CC.CC(=O)COc1c(F)c(F)cc(F)c1F. The van der Waals surface area contributed by atoms with Gasteiger partial charge < -0.3 is 4.74 Å². The summed E-state index contributed by atoms with van der Waals surface area (Å²) in [5.74, 6) is -8.22. The topological polar surface area (TPSA) is 26.3 Å². The highest BCUT2D eigenvalue weighted by atomic mass is 19.2. The summed E-state index contributed by atoms with van der Waals surface area (Å²) in [5, 5.41) is 0. The van der Waals surface area contributed by atoms with Gasteiger partial charge >= 0.3 is 0 Å². The second-order valence-corrected chi connectivity index (χ2v) is 2.79. The Balaban J connectivity index is 0.00000121. The second-order valence-electron chi connectivity index (χ2n) is 2.79. The van der Waals surface area contributed by atoms with Crippen molar-refractivity contribution < 1.29 is 27.1 Å². The van der Waals surface area contributed by atoms with E-state index >= 15 is 0 Å². The summed E-state index contributed by atoms with van der Waals surface area (Å²) in [6.45, 7) is 4.45. The summed E-state index contributed by atoms with van der Waals surface area (Å²) < 4.78 is 55.3. The third-order valence-corrected chi connectivity index (χ3v) is 1.49. The van der Waals surface area contributed by atoms with Crippen LogP contribution in [0.3, 0.4) is 0 Å². The Bertz CT molecular complexity index is 379. The summed E-state index contributed by atoms with van der Waals surface area (Å²) >= 11 is 0. The summed E-state index contributed by atoms with van der Waals surface area (Å²) in [7, 11) is 0. The van der Waals surface area contributed by atoms with E-state index in [4.69, 9.17) is 0 Å². The minimum Gasteiger partial charge on any atom is -0.480 e. The van der Waals surface area contributed by atoms with E-state index in [1.807, 2.05) is 13.8 Å². The largest absolute Gasteiger partial charge is 0.480 e. The van der Waals surface area contributed by atoms with Crippen LogP contribution in [-0.4, -0.2) is 12.4 Å². The normalized spacial score (nSPS) is 9.35. The van der Waals surface area contributed by atoms with E-state index in [1.54, 1.807) is 0 Å². The summed E-state index contributed by atoms with van der Waals surface area (Å²) in [6.07, 6.45) is 0. The smallest absolute Gasteiger partial charge is 0.203 e. The molecule has 17 heavy (non-hydrogen) atoms. The Kier molecular flexibility index (Phi) is 6.23. The predicted octanol–water partition coefficient (Wildman–Crippen LogP) is 3.24. The first kappa shape index (κ1) is 15.4. The lowest BCUT2D eigenvalue weighted by atomic mass is 10.3. The Morgan fingerprint density at radius 1 is 1.12 bits per heavy atom. The fraction of sp³-hybridized carbons (Fsp3) is 0.364. The van der Waals surface area contributed by atoms with E-state index in [0.29, 0.717) is 0 Å². The van der Waals surface area contributed by atoms with E-state index in [9.17, 15) is 22.4 Å². The second kappa shape index (κ2) is 6.88. The van der Waals surface area contributed by atoms with Crippen molar-refractivity contribution in [3.8, 4) is 5.75 Å². The molecule has 1 rings (SSSR count). The van der Waals surface area contributed by atoms with Gasteiger partial charge in [0.2, 0.25) is 11.6 Å². The van der Waals surface area contributed by atoms with Gasteiger partial charge in [-0.1, -0.05) is 13.8 Å². The zero-order valence-corrected chi connectivity index (χ0v) is 9.61. The molecule has 0 heterocycles. The number of hydrogen-bond acceptors (Lipinski definition) is 2. The number of benzene rings is 1. The molecule has 0 N–H and O–H groups in total. The summed E-state index contributed by atoms with van der Waals surface area (Å²) in [4.78, 5) is 10.5. The number of carbonyl (C=O) groups excluding carboxylic acids is 1. The lowest BCUT2D eigenvalue weighted by Gasteiger charge is -2.07. The van der Waals surface area contributed by atoms with Crippen LogP contribution in [0, 0.1) is 23.3 Å². The molecule has 96 valence electrons. The number of carbonyl (C=O) groups is 1. The van der Waals surface area contributed by atoms with Crippen LogP contribution in [0.1, 0.15) is 20.8 Å². The molecule has 0 atom stereocenters. The van der Waals surface area contributed by atoms with Crippen LogP contribution in [-0.2, 0) is 4.79 Å². The highest BCUT2D eigenvalue weighted by Crippen LogP contribution is 2.26. The van der Waals surface area contributed by atoms with Crippen molar-refractivity contribution >= 4 is 5.78 Å². The average Bonchev–Trinajstić information content (AvgIpc) is 2.29. The van der Waals surface area contributed by atoms with Gasteiger partial charge in [-0.15, -0.1) is 0 Å². The fourth-order valence-electron chi connectivity index (χ4n) is 0.852. The maximum atomic E-state index is 12.9. The van der Waals surface area contributed by atoms with E-state index in [-0.39, 0.29) is 6.07 Å². The Morgan fingerprint density at radius 2 is 1.53 bits per heavy atom. The molecule has 1 aromatic rings. The molecule has 0 aliphatic carbocycles. The van der Waals surface area contributed by atoms with Crippen LogP contribution in [0.25, 0.3) is 0 Å². The third kappa shape index (κ3) is 4.05. The maximum absolute atomic E-state index is 12.9. The first-order valence-corrected chi connectivity index (χ1v) is 4.88. The van der Waals surface area contributed by atoms with E-state index in [0.717, 1.165) is 6.92 Å². The van der Waals surface area contributed by atoms with Crippen molar-refractivity contribution in [2.24, 2.45) is 0 Å². The van der Waals surface area contributed by atoms with Gasteiger partial charge in [0.1, 0.15) is 6.61 Å². The molecule has 0 spiro atoms. The number of ketones is 1. The van der Waals surface area contributed by atoms with Crippen LogP contribution in [0.4, 0.5) is 17.6 Å². The zero-order chi connectivity index (χ0) is 13.6. The number of halogens is 4. The van der Waals surface area contributed by atoms with Crippen molar-refractivity contribution in [2.45, 2.75) is 20.8 Å². The van der Waals surface area contributed by atoms with Crippen molar-refractivity contribution in [3.63, 3.8) is 0 Å². The zero-order valence-electron chi connectivity index (χ0n) is 9.61. The van der Waals surface area contributed by atoms with Gasteiger partial charge in [0, 0.05) is 6.07 Å². The molecule has 0 unspecified atom stereocenters. The molecule has 0 saturated carbocycles. The molecular weight excluding hydrogens is 240 g/mol. The molecule has 0 aliphatic heterocycles. The van der Waals surface area contributed by atoms with E-state index in [1.165, 1.54) is 0 Å². The van der Waals surface area contributed by atoms with E-state index < -0.39 is 41.4 Å². The van der Waals surface area contributed by atoms with Crippen molar-refractivity contribution in [1.82, 2.24) is 0 Å². The quantitative estimate of drug-likeness (QED) is 0.609. The monoisotopic (exact) mass is 252 g/mol. The lowest BCUT2D eigenvalue weighted by molar-refractivity contribution is -0.119. The standard InChI is InChI=1S/C9H6F4O2.C2H6/c1-4(14)3-15-9-7(12)5(10)2-6(11)8(9)13;1-2/h2H,3H2,1H3;1-2H3. The summed E-state index contributed by atoms with van der Waals surface area (Å²) in [5.41, 5.74) is 0. The minimum atomic E-state index is -1.66. The van der Waals surface area contributed by atoms with Gasteiger partial charge in [-0.2, -0.15) is 8.78 Å². The van der Waals surface area contributed by atoms with Gasteiger partial charge in [0.25, 0.3) is 0 Å². The van der Waals surface area contributed by atoms with Gasteiger partial charge in [0.05, 0.1) is 0 Å². The van der Waals surface area contributed by atoms with E-state index in [2.05, 4.69) is 4.74 Å². The van der Waals surface area contributed by atoms with Crippen molar-refractivity contribution in [2.75, 3.05) is 6.61 Å². The van der Waals surface area contributed by atoms with Crippen molar-refractivity contribution in [1.29, 1.82) is 0 Å². The Labute approximate surface area is 96.2 Å². The summed E-state index contributed by atoms with van der Waals surface area (Å²) in [6, 6.07) is 0.0608. The molecular formula is C11H12F4O2. The molecule has 1 aromatic carbocycles. The molecule has 0 amide bonds. The molecule has 0 radical (unpaired) electrons. The number of hydrogen-bond donors (Lipinski definition) is 0. The molecule has 2 nitrogen and oxygen atoms in total. The van der Waals surface area contributed by atoms with Gasteiger partial charge in [-0.25, -0.2) is 8.78 Å². The van der Waals surface area contributed by atoms with Gasteiger partial charge in [0.15, 0.2) is 23.2 Å². The van der Waals surface area contributed by atoms with Gasteiger partial charge in [-0.3, -0.25) is 4.79 Å². The predicted molar refractivity (Wildman–Crippen MR) is 53.8 cm³/mol. The van der Waals surface area contributed by atoms with Crippen LogP contribution < -0.4 is 4.74 Å². The molecule has 6 heteroatoms. The molecule has 0 aliphatic rings. The molecule has 0 aromatic heterocycles. The number of Topliss-reactive ketones (excluding diaryl/α,β-unsaturated/α-hetero) is 1. The average molecular weight is 252 g/mol. The first-order valence-electron chi connectivity index (χ1n) is 4.88. The molecule has 0 fully saturated rings. The van der Waals surface area contributed by atoms with Crippen LogP contribution in [0.5, 0.6) is 5.75 Å². The third-order valence-electron chi connectivity index (χ3n) is 1.49.